The second-order valence-corrected chi connectivity index (χ2v) is 7.30. The lowest BCUT2D eigenvalue weighted by Crippen LogP contribution is -2.16. The summed E-state index contributed by atoms with van der Waals surface area (Å²) in [4.78, 5) is 1.59. The summed E-state index contributed by atoms with van der Waals surface area (Å²) < 4.78 is 1.44. The van der Waals surface area contributed by atoms with Gasteiger partial charge in [0.15, 0.2) is 0 Å². The zero-order chi connectivity index (χ0) is 13.9. The van der Waals surface area contributed by atoms with Crippen LogP contribution in [0.4, 0.5) is 0 Å². The van der Waals surface area contributed by atoms with E-state index >= 15 is 0 Å². The minimum absolute atomic E-state index is 0.321. The lowest BCUT2D eigenvalue weighted by Gasteiger charge is -2.24. The molecule has 0 saturated heterocycles. The first-order valence-electron chi connectivity index (χ1n) is 7.55. The van der Waals surface area contributed by atoms with Crippen LogP contribution in [0.2, 0.25) is 0 Å². The maximum atomic E-state index is 2.41. The number of hydrogen-bond acceptors (Lipinski definition) is 1. The first-order chi connectivity index (χ1) is 9.06. The van der Waals surface area contributed by atoms with Gasteiger partial charge in [-0.1, -0.05) is 64.7 Å². The monoisotopic (exact) mass is 274 g/mol. The smallest absolute Gasteiger partial charge is 0.0348 e. The molecule has 1 heteroatoms. The zero-order valence-corrected chi connectivity index (χ0v) is 13.6. The topological polar surface area (TPSA) is 0 Å². The van der Waals surface area contributed by atoms with Gasteiger partial charge in [0, 0.05) is 9.58 Å². The molecule has 104 valence electrons. The molecule has 0 nitrogen and oxygen atoms in total. The fraction of sp³-hybridized carbons (Fsp3) is 0.556. The molecule has 0 aliphatic carbocycles. The van der Waals surface area contributed by atoms with Crippen LogP contribution in [0, 0.1) is 6.92 Å². The van der Waals surface area contributed by atoms with Crippen molar-refractivity contribution in [3.63, 3.8) is 0 Å². The highest BCUT2D eigenvalue weighted by Gasteiger charge is 2.25. The van der Waals surface area contributed by atoms with Gasteiger partial charge in [0.25, 0.3) is 0 Å². The molecule has 1 heterocycles. The number of rotatable bonds is 6. The average Bonchev–Trinajstić information content (AvgIpc) is 2.74. The van der Waals surface area contributed by atoms with Crippen molar-refractivity contribution in [3.05, 3.63) is 34.7 Å². The first-order valence-corrected chi connectivity index (χ1v) is 8.36. The van der Waals surface area contributed by atoms with E-state index in [0.717, 1.165) is 0 Å². The Kier molecular flexibility index (Phi) is 4.67. The minimum Gasteiger partial charge on any atom is -0.139 e. The van der Waals surface area contributed by atoms with Crippen LogP contribution in [0.15, 0.2) is 24.3 Å². The first kappa shape index (κ1) is 14.6. The molecule has 0 atom stereocenters. The van der Waals surface area contributed by atoms with E-state index < -0.39 is 0 Å². The Hall–Kier alpha value is -0.820. The van der Waals surface area contributed by atoms with Crippen molar-refractivity contribution in [3.8, 4) is 0 Å². The molecule has 0 saturated carbocycles. The molecule has 0 fully saturated rings. The summed E-state index contributed by atoms with van der Waals surface area (Å²) in [6.45, 7) is 9.40. The van der Waals surface area contributed by atoms with Gasteiger partial charge in [-0.25, -0.2) is 0 Å². The number of unbranched alkanes of at least 4 members (excludes halogenated alkanes) is 3. The molecule has 0 aliphatic rings. The van der Waals surface area contributed by atoms with Crippen molar-refractivity contribution >= 4 is 21.4 Å². The number of aryl methyl sites for hydroxylation is 1. The molecule has 2 rings (SSSR count). The van der Waals surface area contributed by atoms with Gasteiger partial charge >= 0.3 is 0 Å². The SMILES string of the molecule is CCCCCCC(C)(C)c1sc2ccccc2c1C. The highest BCUT2D eigenvalue weighted by atomic mass is 32.1. The predicted molar refractivity (Wildman–Crippen MR) is 88.3 cm³/mol. The summed E-state index contributed by atoms with van der Waals surface area (Å²) in [5, 5.41) is 1.45. The number of thiophene rings is 1. The van der Waals surface area contributed by atoms with Crippen molar-refractivity contribution in [2.45, 2.75) is 65.2 Å². The third kappa shape index (κ3) is 3.20. The fourth-order valence-electron chi connectivity index (χ4n) is 2.93. The van der Waals surface area contributed by atoms with Crippen molar-refractivity contribution in [1.82, 2.24) is 0 Å². The Morgan fingerprint density at radius 3 is 2.47 bits per heavy atom. The van der Waals surface area contributed by atoms with Crippen molar-refractivity contribution in [2.75, 3.05) is 0 Å². The Labute approximate surface area is 121 Å². The average molecular weight is 274 g/mol. The molecule has 1 aromatic carbocycles. The molecule has 0 amide bonds. The van der Waals surface area contributed by atoms with E-state index in [9.17, 15) is 0 Å². The van der Waals surface area contributed by atoms with Gasteiger partial charge in [0.05, 0.1) is 0 Å². The van der Waals surface area contributed by atoms with E-state index in [1.165, 1.54) is 47.8 Å². The highest BCUT2D eigenvalue weighted by Crippen LogP contribution is 2.41. The summed E-state index contributed by atoms with van der Waals surface area (Å²) in [5.41, 5.74) is 1.82. The summed E-state index contributed by atoms with van der Waals surface area (Å²) in [6.07, 6.45) is 6.74. The van der Waals surface area contributed by atoms with E-state index in [1.54, 1.807) is 4.88 Å². The largest absolute Gasteiger partial charge is 0.139 e. The Balaban J connectivity index is 2.19. The maximum absolute atomic E-state index is 2.41. The number of benzene rings is 1. The molecule has 0 aliphatic heterocycles. The van der Waals surface area contributed by atoms with Crippen LogP contribution in [-0.2, 0) is 5.41 Å². The second kappa shape index (κ2) is 6.09. The summed E-state index contributed by atoms with van der Waals surface area (Å²) in [7, 11) is 0. The fourth-order valence-corrected chi connectivity index (χ4v) is 4.27. The van der Waals surface area contributed by atoms with E-state index in [2.05, 4.69) is 52.0 Å². The van der Waals surface area contributed by atoms with Crippen LogP contribution in [0.3, 0.4) is 0 Å². The molecule has 1 aromatic heterocycles. The molecule has 0 bridgehead atoms. The van der Waals surface area contributed by atoms with E-state index in [0.29, 0.717) is 5.41 Å². The van der Waals surface area contributed by atoms with Crippen LogP contribution < -0.4 is 0 Å². The van der Waals surface area contributed by atoms with Crippen LogP contribution in [0.25, 0.3) is 10.1 Å². The lowest BCUT2D eigenvalue weighted by molar-refractivity contribution is 0.452. The zero-order valence-electron chi connectivity index (χ0n) is 12.8. The molecule has 2 aromatic rings. The normalized spacial score (nSPS) is 12.2. The van der Waals surface area contributed by atoms with Crippen LogP contribution in [0.5, 0.6) is 0 Å². The van der Waals surface area contributed by atoms with Gasteiger partial charge < -0.3 is 0 Å². The van der Waals surface area contributed by atoms with E-state index in [1.807, 2.05) is 11.3 Å². The molecule has 0 radical (unpaired) electrons. The molecule has 0 unspecified atom stereocenters. The maximum Gasteiger partial charge on any atom is 0.0348 e. The van der Waals surface area contributed by atoms with Gasteiger partial charge in [-0.05, 0) is 35.8 Å². The molecule has 0 spiro atoms. The van der Waals surface area contributed by atoms with Crippen LogP contribution >= 0.6 is 11.3 Å². The summed E-state index contributed by atoms with van der Waals surface area (Å²) >= 11 is 1.99. The van der Waals surface area contributed by atoms with E-state index in [4.69, 9.17) is 0 Å². The van der Waals surface area contributed by atoms with Gasteiger partial charge in [-0.15, -0.1) is 11.3 Å². The standard InChI is InChI=1S/C18H26S/c1-5-6-7-10-13-18(3,4)17-14(2)15-11-8-9-12-16(15)19-17/h8-9,11-12H,5-7,10,13H2,1-4H3. The van der Waals surface area contributed by atoms with Gasteiger partial charge in [0.2, 0.25) is 0 Å². The molecular formula is C18H26S. The molecule has 19 heavy (non-hydrogen) atoms. The third-order valence-corrected chi connectivity index (χ3v) is 5.75. The van der Waals surface area contributed by atoms with Crippen LogP contribution in [-0.4, -0.2) is 0 Å². The van der Waals surface area contributed by atoms with Crippen LogP contribution in [0.1, 0.15) is 63.3 Å². The van der Waals surface area contributed by atoms with Crippen molar-refractivity contribution < 1.29 is 0 Å². The highest BCUT2D eigenvalue weighted by molar-refractivity contribution is 7.19. The minimum atomic E-state index is 0.321. The third-order valence-electron chi connectivity index (χ3n) is 4.11. The number of hydrogen-bond donors (Lipinski definition) is 0. The summed E-state index contributed by atoms with van der Waals surface area (Å²) in [5.74, 6) is 0. The predicted octanol–water partition coefficient (Wildman–Crippen LogP) is 6.46. The number of fused-ring (bicyclic) bond motifs is 1. The van der Waals surface area contributed by atoms with E-state index in [-0.39, 0.29) is 0 Å². The quantitative estimate of drug-likeness (QED) is 0.530. The van der Waals surface area contributed by atoms with Gasteiger partial charge in [-0.2, -0.15) is 0 Å². The lowest BCUT2D eigenvalue weighted by atomic mass is 9.83. The molecule has 0 N–H and O–H groups in total. The van der Waals surface area contributed by atoms with Gasteiger partial charge in [-0.3, -0.25) is 0 Å². The van der Waals surface area contributed by atoms with Gasteiger partial charge in [0.1, 0.15) is 0 Å². The molecular weight excluding hydrogens is 248 g/mol. The second-order valence-electron chi connectivity index (χ2n) is 6.25. The van der Waals surface area contributed by atoms with Crippen molar-refractivity contribution in [2.24, 2.45) is 0 Å². The Morgan fingerprint density at radius 2 is 1.79 bits per heavy atom. The summed E-state index contributed by atoms with van der Waals surface area (Å²) in [6, 6.07) is 8.82. The Morgan fingerprint density at radius 1 is 1.05 bits per heavy atom. The van der Waals surface area contributed by atoms with Crippen molar-refractivity contribution in [1.29, 1.82) is 0 Å². The Bertz CT molecular complexity index is 534.